The van der Waals surface area contributed by atoms with Gasteiger partial charge in [0.05, 0.1) is 0 Å². The summed E-state index contributed by atoms with van der Waals surface area (Å²) in [4.78, 5) is 5.30. The summed E-state index contributed by atoms with van der Waals surface area (Å²) >= 11 is 0. The molecule has 2 fully saturated rings. The SMILES string of the molecule is CNC(CN1CCN(C2CC2)CC1)c1cc(C)cc(C)c1. The maximum absolute atomic E-state index is 3.51. The van der Waals surface area contributed by atoms with Crippen molar-refractivity contribution in [2.45, 2.75) is 38.8 Å². The van der Waals surface area contributed by atoms with Gasteiger partial charge in [0.2, 0.25) is 0 Å². The average Bonchev–Trinajstić information content (AvgIpc) is 3.29. The van der Waals surface area contributed by atoms with Crippen molar-refractivity contribution < 1.29 is 0 Å². The third-order valence-electron chi connectivity index (χ3n) is 4.91. The van der Waals surface area contributed by atoms with Crippen molar-refractivity contribution in [1.29, 1.82) is 0 Å². The topological polar surface area (TPSA) is 18.5 Å². The Bertz CT molecular complexity index is 453. The van der Waals surface area contributed by atoms with Gasteiger partial charge in [0, 0.05) is 44.8 Å². The molecule has 0 spiro atoms. The molecular formula is C18H29N3. The average molecular weight is 287 g/mol. The lowest BCUT2D eigenvalue weighted by Crippen LogP contribution is -2.49. The fourth-order valence-electron chi connectivity index (χ4n) is 3.58. The van der Waals surface area contributed by atoms with Crippen LogP contribution in [0.5, 0.6) is 0 Å². The quantitative estimate of drug-likeness (QED) is 0.897. The summed E-state index contributed by atoms with van der Waals surface area (Å²) < 4.78 is 0. The number of piperazine rings is 1. The van der Waals surface area contributed by atoms with E-state index in [9.17, 15) is 0 Å². The summed E-state index contributed by atoms with van der Waals surface area (Å²) in [5.41, 5.74) is 4.16. The van der Waals surface area contributed by atoms with E-state index in [1.807, 2.05) is 0 Å². The molecule has 0 aromatic heterocycles. The first-order chi connectivity index (χ1) is 10.2. The fraction of sp³-hybridized carbons (Fsp3) is 0.667. The standard InChI is InChI=1S/C18H29N3/c1-14-10-15(2)12-16(11-14)18(19-3)13-20-6-8-21(9-7-20)17-4-5-17/h10-12,17-19H,4-9,13H2,1-3H3. The van der Waals surface area contributed by atoms with Crippen LogP contribution >= 0.6 is 0 Å². The molecule has 0 radical (unpaired) electrons. The number of hydrogen-bond acceptors (Lipinski definition) is 3. The van der Waals surface area contributed by atoms with Crippen LogP contribution in [0.2, 0.25) is 0 Å². The monoisotopic (exact) mass is 287 g/mol. The summed E-state index contributed by atoms with van der Waals surface area (Å²) in [5, 5.41) is 3.51. The predicted octanol–water partition coefficient (Wildman–Crippen LogP) is 2.34. The molecule has 116 valence electrons. The molecule has 3 heteroatoms. The number of rotatable bonds is 5. The van der Waals surface area contributed by atoms with Gasteiger partial charge in [-0.1, -0.05) is 29.3 Å². The lowest BCUT2D eigenvalue weighted by molar-refractivity contribution is 0.118. The Balaban J connectivity index is 1.59. The molecule has 3 rings (SSSR count). The summed E-state index contributed by atoms with van der Waals surface area (Å²) in [6.07, 6.45) is 2.86. The lowest BCUT2D eigenvalue weighted by Gasteiger charge is -2.36. The van der Waals surface area contributed by atoms with Gasteiger partial charge in [-0.2, -0.15) is 0 Å². The molecule has 0 amide bonds. The highest BCUT2D eigenvalue weighted by atomic mass is 15.3. The van der Waals surface area contributed by atoms with Gasteiger partial charge in [-0.25, -0.2) is 0 Å². The minimum absolute atomic E-state index is 0.441. The van der Waals surface area contributed by atoms with Crippen LogP contribution in [0.3, 0.4) is 0 Å². The highest BCUT2D eigenvalue weighted by Gasteiger charge is 2.31. The highest BCUT2D eigenvalue weighted by molar-refractivity contribution is 5.30. The second-order valence-electron chi connectivity index (χ2n) is 6.83. The second-order valence-corrected chi connectivity index (χ2v) is 6.83. The molecule has 21 heavy (non-hydrogen) atoms. The van der Waals surface area contributed by atoms with E-state index in [4.69, 9.17) is 0 Å². The first kappa shape index (κ1) is 15.0. The van der Waals surface area contributed by atoms with Gasteiger partial charge in [-0.15, -0.1) is 0 Å². The third-order valence-corrected chi connectivity index (χ3v) is 4.91. The van der Waals surface area contributed by atoms with Gasteiger partial charge >= 0.3 is 0 Å². The van der Waals surface area contributed by atoms with E-state index in [1.165, 1.54) is 55.7 Å². The Labute approximate surface area is 129 Å². The van der Waals surface area contributed by atoms with Crippen molar-refractivity contribution in [2.24, 2.45) is 0 Å². The molecule has 2 aliphatic rings. The Hall–Kier alpha value is -0.900. The molecule has 1 N–H and O–H groups in total. The summed E-state index contributed by atoms with van der Waals surface area (Å²) in [7, 11) is 2.09. The van der Waals surface area contributed by atoms with E-state index in [2.05, 4.69) is 54.2 Å². The van der Waals surface area contributed by atoms with Crippen molar-refractivity contribution in [3.05, 3.63) is 34.9 Å². The summed E-state index contributed by atoms with van der Waals surface area (Å²) in [6, 6.07) is 8.27. The number of nitrogens with zero attached hydrogens (tertiary/aromatic N) is 2. The second kappa shape index (κ2) is 6.47. The van der Waals surface area contributed by atoms with Crippen LogP contribution in [-0.4, -0.2) is 55.6 Å². The largest absolute Gasteiger partial charge is 0.312 e. The van der Waals surface area contributed by atoms with Crippen molar-refractivity contribution in [3.8, 4) is 0 Å². The Morgan fingerprint density at radius 3 is 2.19 bits per heavy atom. The van der Waals surface area contributed by atoms with E-state index < -0.39 is 0 Å². The van der Waals surface area contributed by atoms with Crippen LogP contribution in [0.1, 0.15) is 35.6 Å². The van der Waals surface area contributed by atoms with Gasteiger partial charge < -0.3 is 5.32 Å². The highest BCUT2D eigenvalue weighted by Crippen LogP contribution is 2.27. The molecule has 1 aromatic rings. The fourth-order valence-corrected chi connectivity index (χ4v) is 3.58. The molecule has 1 aromatic carbocycles. The maximum atomic E-state index is 3.51. The van der Waals surface area contributed by atoms with Crippen molar-refractivity contribution in [3.63, 3.8) is 0 Å². The van der Waals surface area contributed by atoms with E-state index in [0.29, 0.717) is 6.04 Å². The number of aryl methyl sites for hydroxylation is 2. The van der Waals surface area contributed by atoms with Gasteiger partial charge in [-0.3, -0.25) is 9.80 Å². The first-order valence-corrected chi connectivity index (χ1v) is 8.37. The van der Waals surface area contributed by atoms with Crippen LogP contribution in [0, 0.1) is 13.8 Å². The number of benzene rings is 1. The summed E-state index contributed by atoms with van der Waals surface area (Å²) in [6.45, 7) is 10.5. The first-order valence-electron chi connectivity index (χ1n) is 8.37. The van der Waals surface area contributed by atoms with Crippen LogP contribution in [0.4, 0.5) is 0 Å². The molecule has 1 heterocycles. The van der Waals surface area contributed by atoms with Crippen LogP contribution in [-0.2, 0) is 0 Å². The van der Waals surface area contributed by atoms with Crippen molar-refractivity contribution in [1.82, 2.24) is 15.1 Å². The predicted molar refractivity (Wildman–Crippen MR) is 88.8 cm³/mol. The zero-order chi connectivity index (χ0) is 14.8. The molecule has 1 saturated heterocycles. The molecular weight excluding hydrogens is 258 g/mol. The third kappa shape index (κ3) is 3.85. The maximum Gasteiger partial charge on any atom is 0.0447 e. The zero-order valence-corrected chi connectivity index (χ0v) is 13.7. The van der Waals surface area contributed by atoms with Gasteiger partial charge in [0.15, 0.2) is 0 Å². The number of nitrogens with one attached hydrogen (secondary N) is 1. The normalized spacial score (nSPS) is 22.4. The van der Waals surface area contributed by atoms with E-state index in [-0.39, 0.29) is 0 Å². The van der Waals surface area contributed by atoms with Crippen LogP contribution in [0.25, 0.3) is 0 Å². The molecule has 1 atom stereocenters. The summed E-state index contributed by atoms with van der Waals surface area (Å²) in [5.74, 6) is 0. The van der Waals surface area contributed by atoms with Crippen LogP contribution < -0.4 is 5.32 Å². The van der Waals surface area contributed by atoms with Crippen LogP contribution in [0.15, 0.2) is 18.2 Å². The molecule has 0 bridgehead atoms. The Morgan fingerprint density at radius 2 is 1.67 bits per heavy atom. The smallest absolute Gasteiger partial charge is 0.0447 e. The number of likely N-dealkylation sites (N-methyl/N-ethyl adjacent to an activating group) is 1. The van der Waals surface area contributed by atoms with Gasteiger partial charge in [-0.05, 0) is 39.3 Å². The van der Waals surface area contributed by atoms with Crippen molar-refractivity contribution >= 4 is 0 Å². The number of hydrogen-bond donors (Lipinski definition) is 1. The van der Waals surface area contributed by atoms with Gasteiger partial charge in [0.1, 0.15) is 0 Å². The minimum Gasteiger partial charge on any atom is -0.312 e. The molecule has 1 unspecified atom stereocenters. The zero-order valence-electron chi connectivity index (χ0n) is 13.7. The van der Waals surface area contributed by atoms with Crippen molar-refractivity contribution in [2.75, 3.05) is 39.8 Å². The minimum atomic E-state index is 0.441. The molecule has 3 nitrogen and oxygen atoms in total. The van der Waals surface area contributed by atoms with E-state index in [1.54, 1.807) is 0 Å². The molecule has 1 aliphatic heterocycles. The van der Waals surface area contributed by atoms with E-state index >= 15 is 0 Å². The molecule has 1 aliphatic carbocycles. The Morgan fingerprint density at radius 1 is 1.05 bits per heavy atom. The van der Waals surface area contributed by atoms with Gasteiger partial charge in [0.25, 0.3) is 0 Å². The molecule has 1 saturated carbocycles. The lowest BCUT2D eigenvalue weighted by atomic mass is 10.0. The van der Waals surface area contributed by atoms with E-state index in [0.717, 1.165) is 12.6 Å². The Kier molecular flexibility index (Phi) is 4.63.